The molecule has 1 aromatic carbocycles. The van der Waals surface area contributed by atoms with Crippen LogP contribution in [0.15, 0.2) is 24.3 Å². The van der Waals surface area contributed by atoms with E-state index >= 15 is 0 Å². The zero-order valence-electron chi connectivity index (χ0n) is 14.2. The van der Waals surface area contributed by atoms with Crippen molar-refractivity contribution >= 4 is 12.4 Å². The number of hydrogen-bond acceptors (Lipinski definition) is 5. The average molecular weight is 325 g/mol. The van der Waals surface area contributed by atoms with E-state index in [4.69, 9.17) is 14.3 Å². The summed E-state index contributed by atoms with van der Waals surface area (Å²) in [7, 11) is 1.38. The van der Waals surface area contributed by atoms with Crippen LogP contribution in [0, 0.1) is 0 Å². The van der Waals surface area contributed by atoms with E-state index in [0.717, 1.165) is 18.4 Å². The van der Waals surface area contributed by atoms with Gasteiger partial charge in [-0.1, -0.05) is 12.1 Å². The van der Waals surface area contributed by atoms with E-state index in [0.29, 0.717) is 6.42 Å². The normalized spacial score (nSPS) is 11.8. The van der Waals surface area contributed by atoms with Gasteiger partial charge in [-0.3, -0.25) is 4.79 Å². The van der Waals surface area contributed by atoms with Crippen molar-refractivity contribution in [2.24, 2.45) is 5.73 Å². The summed E-state index contributed by atoms with van der Waals surface area (Å²) in [6.45, 7) is 5.76. The standard InChI is InChI=1S/C16H24O4.CH3NO/c1-16(2,3)20-14(15(18)19-4)7-5-6-12-8-10-13(17)11-9-12;2-1-3/h8-11,14,17H,5-7H2,1-4H3;1H,(H2,2,3). The zero-order chi connectivity index (χ0) is 17.9. The van der Waals surface area contributed by atoms with E-state index in [9.17, 15) is 9.90 Å². The third-order valence-corrected chi connectivity index (χ3v) is 2.83. The van der Waals surface area contributed by atoms with Gasteiger partial charge in [-0.15, -0.1) is 0 Å². The molecule has 0 radical (unpaired) electrons. The second-order valence-corrected chi connectivity index (χ2v) is 5.94. The smallest absolute Gasteiger partial charge is 0.334 e. The Morgan fingerprint density at radius 2 is 1.83 bits per heavy atom. The maximum atomic E-state index is 11.7. The van der Waals surface area contributed by atoms with Crippen LogP contribution in [-0.4, -0.2) is 36.3 Å². The number of nitrogens with two attached hydrogens (primary N) is 1. The minimum Gasteiger partial charge on any atom is -0.508 e. The van der Waals surface area contributed by atoms with Gasteiger partial charge in [-0.25, -0.2) is 4.79 Å². The van der Waals surface area contributed by atoms with E-state index in [2.05, 4.69) is 5.73 Å². The zero-order valence-corrected chi connectivity index (χ0v) is 14.2. The average Bonchev–Trinajstić information content (AvgIpc) is 2.47. The van der Waals surface area contributed by atoms with Crippen LogP contribution in [0.3, 0.4) is 0 Å². The Bertz CT molecular complexity index is 465. The Kier molecular flexibility index (Phi) is 9.65. The first-order valence-corrected chi connectivity index (χ1v) is 7.42. The lowest BCUT2D eigenvalue weighted by Gasteiger charge is -2.25. The van der Waals surface area contributed by atoms with Gasteiger partial charge in [-0.2, -0.15) is 0 Å². The Morgan fingerprint density at radius 1 is 1.30 bits per heavy atom. The van der Waals surface area contributed by atoms with Gasteiger partial charge < -0.3 is 20.3 Å². The van der Waals surface area contributed by atoms with Gasteiger partial charge >= 0.3 is 5.97 Å². The van der Waals surface area contributed by atoms with Crippen molar-refractivity contribution in [2.75, 3.05) is 7.11 Å². The Labute approximate surface area is 137 Å². The first-order valence-electron chi connectivity index (χ1n) is 7.42. The number of phenolic OH excluding ortho intramolecular Hbond substituents is 1. The molecule has 0 saturated heterocycles. The Hall–Kier alpha value is -2.08. The summed E-state index contributed by atoms with van der Waals surface area (Å²) < 4.78 is 10.5. The number of methoxy groups -OCH3 is 1. The topological polar surface area (TPSA) is 98.8 Å². The van der Waals surface area contributed by atoms with Crippen molar-refractivity contribution in [3.63, 3.8) is 0 Å². The van der Waals surface area contributed by atoms with Crippen molar-refractivity contribution in [3.8, 4) is 5.75 Å². The number of amides is 1. The number of aryl methyl sites for hydroxylation is 1. The van der Waals surface area contributed by atoms with Gasteiger partial charge in [0, 0.05) is 0 Å². The van der Waals surface area contributed by atoms with Crippen LogP contribution in [0.2, 0.25) is 0 Å². The molecular formula is C17H27NO5. The van der Waals surface area contributed by atoms with Crippen LogP contribution in [0.25, 0.3) is 0 Å². The highest BCUT2D eigenvalue weighted by molar-refractivity contribution is 5.74. The van der Waals surface area contributed by atoms with Crippen molar-refractivity contribution in [2.45, 2.75) is 51.7 Å². The fourth-order valence-electron chi connectivity index (χ4n) is 1.94. The van der Waals surface area contributed by atoms with Crippen molar-refractivity contribution in [3.05, 3.63) is 29.8 Å². The molecule has 0 aliphatic carbocycles. The highest BCUT2D eigenvalue weighted by Crippen LogP contribution is 2.18. The number of primary amides is 1. The molecule has 3 N–H and O–H groups in total. The summed E-state index contributed by atoms with van der Waals surface area (Å²) in [5, 5.41) is 9.22. The van der Waals surface area contributed by atoms with Gasteiger partial charge in [0.05, 0.1) is 12.7 Å². The molecule has 23 heavy (non-hydrogen) atoms. The molecule has 0 aromatic heterocycles. The number of phenols is 1. The van der Waals surface area contributed by atoms with Crippen molar-refractivity contribution in [1.82, 2.24) is 0 Å². The lowest BCUT2D eigenvalue weighted by atomic mass is 10.0. The predicted octanol–water partition coefficient (Wildman–Crippen LogP) is 2.17. The van der Waals surface area contributed by atoms with Crippen LogP contribution in [0.4, 0.5) is 0 Å². The first kappa shape index (κ1) is 20.9. The summed E-state index contributed by atoms with van der Waals surface area (Å²) >= 11 is 0. The van der Waals surface area contributed by atoms with Gasteiger partial charge in [0.2, 0.25) is 6.41 Å². The third-order valence-electron chi connectivity index (χ3n) is 2.83. The summed E-state index contributed by atoms with van der Waals surface area (Å²) in [6, 6.07) is 7.09. The molecule has 0 heterocycles. The summed E-state index contributed by atoms with van der Waals surface area (Å²) in [4.78, 5) is 20.3. The van der Waals surface area contributed by atoms with Crippen LogP contribution in [0.1, 0.15) is 39.2 Å². The number of carbonyl (C=O) groups is 2. The number of hydrogen-bond donors (Lipinski definition) is 2. The third kappa shape index (κ3) is 10.3. The Morgan fingerprint density at radius 3 is 2.26 bits per heavy atom. The molecule has 130 valence electrons. The van der Waals surface area contributed by atoms with Gasteiger partial charge in [0.25, 0.3) is 0 Å². The monoisotopic (exact) mass is 325 g/mol. The van der Waals surface area contributed by atoms with E-state index in [1.54, 1.807) is 12.1 Å². The molecule has 0 aliphatic rings. The molecule has 1 amide bonds. The van der Waals surface area contributed by atoms with Crippen LogP contribution >= 0.6 is 0 Å². The quantitative estimate of drug-likeness (QED) is 0.617. The highest BCUT2D eigenvalue weighted by atomic mass is 16.6. The largest absolute Gasteiger partial charge is 0.508 e. The highest BCUT2D eigenvalue weighted by Gasteiger charge is 2.25. The predicted molar refractivity (Wildman–Crippen MR) is 87.9 cm³/mol. The summed E-state index contributed by atoms with van der Waals surface area (Å²) in [6.07, 6.45) is 1.99. The maximum absolute atomic E-state index is 11.7. The van der Waals surface area contributed by atoms with Gasteiger partial charge in [0.1, 0.15) is 5.75 Å². The van der Waals surface area contributed by atoms with Gasteiger partial charge in [-0.05, 0) is 57.7 Å². The molecule has 1 unspecified atom stereocenters. The molecule has 0 aliphatic heterocycles. The number of rotatable bonds is 6. The lowest BCUT2D eigenvalue weighted by molar-refractivity contribution is -0.164. The minimum atomic E-state index is -0.530. The second kappa shape index (κ2) is 10.6. The molecule has 0 saturated carbocycles. The Balaban J connectivity index is 0.00000149. The molecule has 0 bridgehead atoms. The molecule has 0 spiro atoms. The maximum Gasteiger partial charge on any atom is 0.334 e. The number of aromatic hydroxyl groups is 1. The number of benzene rings is 1. The van der Waals surface area contributed by atoms with E-state index in [1.165, 1.54) is 7.11 Å². The lowest BCUT2D eigenvalue weighted by Crippen LogP contribution is -2.34. The molecule has 6 nitrogen and oxygen atoms in total. The van der Waals surface area contributed by atoms with Gasteiger partial charge in [0.15, 0.2) is 6.10 Å². The number of ether oxygens (including phenoxy) is 2. The van der Waals surface area contributed by atoms with Crippen LogP contribution in [-0.2, 0) is 25.5 Å². The number of carbonyl (C=O) groups excluding carboxylic acids is 2. The molecule has 1 atom stereocenters. The SMILES string of the molecule is COC(=O)C(CCCc1ccc(O)cc1)OC(C)(C)C.NC=O. The fourth-order valence-corrected chi connectivity index (χ4v) is 1.94. The first-order chi connectivity index (χ1) is 10.7. The summed E-state index contributed by atoms with van der Waals surface area (Å²) in [5.74, 6) is -0.0668. The van der Waals surface area contributed by atoms with Crippen molar-refractivity contribution in [1.29, 1.82) is 0 Å². The fraction of sp³-hybridized carbons (Fsp3) is 0.529. The van der Waals surface area contributed by atoms with Crippen LogP contribution in [0.5, 0.6) is 5.75 Å². The van der Waals surface area contributed by atoms with E-state index in [-0.39, 0.29) is 23.7 Å². The van der Waals surface area contributed by atoms with E-state index < -0.39 is 6.10 Å². The summed E-state index contributed by atoms with van der Waals surface area (Å²) in [5.41, 5.74) is 4.92. The van der Waals surface area contributed by atoms with Crippen molar-refractivity contribution < 1.29 is 24.2 Å². The molecule has 1 rings (SSSR count). The van der Waals surface area contributed by atoms with Crippen LogP contribution < -0.4 is 5.73 Å². The minimum absolute atomic E-state index is 0.250. The molecular weight excluding hydrogens is 298 g/mol. The second-order valence-electron chi connectivity index (χ2n) is 5.94. The molecule has 6 heteroatoms. The molecule has 1 aromatic rings. The number of esters is 1. The molecule has 0 fully saturated rings. The van der Waals surface area contributed by atoms with E-state index in [1.807, 2.05) is 32.9 Å².